The minimum absolute atomic E-state index is 0.278. The number of carbonyl (C=O) groups excluding carboxylic acids is 1. The van der Waals surface area contributed by atoms with E-state index in [2.05, 4.69) is 20.3 Å². The van der Waals surface area contributed by atoms with E-state index in [9.17, 15) is 4.79 Å². The highest BCUT2D eigenvalue weighted by Crippen LogP contribution is 2.32. The first-order valence-corrected chi connectivity index (χ1v) is 8.74. The molecule has 2 heterocycles. The number of benzene rings is 1. The van der Waals surface area contributed by atoms with Crippen LogP contribution in [0.3, 0.4) is 0 Å². The zero-order valence-corrected chi connectivity index (χ0v) is 16.6. The molecule has 146 valence electrons. The molecule has 0 unspecified atom stereocenters. The molecule has 0 saturated carbocycles. The number of rotatable bonds is 6. The fourth-order valence-corrected chi connectivity index (χ4v) is 3.00. The summed E-state index contributed by atoms with van der Waals surface area (Å²) in [5.74, 6) is 2.21. The number of nitrogens with zero attached hydrogens (tertiary/aromatic N) is 4. The maximum Gasteiger partial charge on any atom is 0.255 e. The molecular formula is C20H23N5O3. The topological polar surface area (TPSA) is 91.2 Å². The first kappa shape index (κ1) is 19.3. The molecule has 1 atom stereocenters. The van der Waals surface area contributed by atoms with Crippen molar-refractivity contribution in [2.24, 2.45) is 7.05 Å². The third kappa shape index (κ3) is 3.80. The third-order valence-electron chi connectivity index (χ3n) is 4.48. The Labute approximate surface area is 163 Å². The number of ether oxygens (including phenoxy) is 2. The second kappa shape index (κ2) is 8.08. The second-order valence-electron chi connectivity index (χ2n) is 6.33. The summed E-state index contributed by atoms with van der Waals surface area (Å²) in [6.45, 7) is 3.57. The van der Waals surface area contributed by atoms with Crippen molar-refractivity contribution >= 4 is 5.91 Å². The van der Waals surface area contributed by atoms with Crippen molar-refractivity contribution in [3.05, 3.63) is 65.3 Å². The lowest BCUT2D eigenvalue weighted by Crippen LogP contribution is -2.32. The largest absolute Gasteiger partial charge is 0.493 e. The molecule has 1 amide bonds. The Morgan fingerprint density at radius 2 is 1.89 bits per heavy atom. The molecule has 0 spiro atoms. The lowest BCUT2D eigenvalue weighted by atomic mass is 10.0. The van der Waals surface area contributed by atoms with Crippen molar-refractivity contribution < 1.29 is 14.3 Å². The Kier molecular flexibility index (Phi) is 5.58. The molecule has 2 aromatic heterocycles. The van der Waals surface area contributed by atoms with Crippen LogP contribution in [0.2, 0.25) is 0 Å². The summed E-state index contributed by atoms with van der Waals surface area (Å²) in [7, 11) is 5.03. The van der Waals surface area contributed by atoms with Gasteiger partial charge >= 0.3 is 0 Å². The Morgan fingerprint density at radius 3 is 2.50 bits per heavy atom. The van der Waals surface area contributed by atoms with Gasteiger partial charge < -0.3 is 19.4 Å². The predicted octanol–water partition coefficient (Wildman–Crippen LogP) is 2.36. The lowest BCUT2D eigenvalue weighted by molar-refractivity contribution is 0.0939. The molecule has 3 rings (SSSR count). The van der Waals surface area contributed by atoms with Gasteiger partial charge in [-0.3, -0.25) is 4.79 Å². The van der Waals surface area contributed by atoms with Crippen LogP contribution in [0.1, 0.15) is 39.3 Å². The Bertz CT molecular complexity index is 999. The van der Waals surface area contributed by atoms with E-state index in [1.807, 2.05) is 29.9 Å². The van der Waals surface area contributed by atoms with Gasteiger partial charge in [-0.15, -0.1) is 0 Å². The maximum absolute atomic E-state index is 13.0. The second-order valence-corrected chi connectivity index (χ2v) is 6.33. The Morgan fingerprint density at radius 1 is 1.14 bits per heavy atom. The van der Waals surface area contributed by atoms with Crippen molar-refractivity contribution in [2.45, 2.75) is 19.9 Å². The van der Waals surface area contributed by atoms with Crippen LogP contribution in [0.25, 0.3) is 0 Å². The van der Waals surface area contributed by atoms with Crippen molar-refractivity contribution in [3.8, 4) is 11.5 Å². The normalized spacial score (nSPS) is 11.8. The summed E-state index contributed by atoms with van der Waals surface area (Å²) in [6, 6.07) is 5.01. The van der Waals surface area contributed by atoms with Crippen LogP contribution in [-0.4, -0.2) is 39.6 Å². The molecule has 1 N–H and O–H groups in total. The van der Waals surface area contributed by atoms with E-state index >= 15 is 0 Å². The van der Waals surface area contributed by atoms with Crippen molar-refractivity contribution in [1.29, 1.82) is 0 Å². The van der Waals surface area contributed by atoms with E-state index in [-0.39, 0.29) is 5.91 Å². The van der Waals surface area contributed by atoms with Crippen LogP contribution in [0.5, 0.6) is 11.5 Å². The highest BCUT2D eigenvalue weighted by Gasteiger charge is 2.24. The molecule has 28 heavy (non-hydrogen) atoms. The number of amides is 1. The van der Waals surface area contributed by atoms with Crippen LogP contribution in [0.4, 0.5) is 0 Å². The van der Waals surface area contributed by atoms with Gasteiger partial charge in [-0.05, 0) is 31.5 Å². The predicted molar refractivity (Wildman–Crippen MR) is 104 cm³/mol. The van der Waals surface area contributed by atoms with E-state index in [0.717, 1.165) is 5.56 Å². The first-order chi connectivity index (χ1) is 13.4. The average molecular weight is 381 g/mol. The summed E-state index contributed by atoms with van der Waals surface area (Å²) >= 11 is 0. The summed E-state index contributed by atoms with van der Waals surface area (Å²) < 4.78 is 12.6. The summed E-state index contributed by atoms with van der Waals surface area (Å²) in [4.78, 5) is 25.8. The highest BCUT2D eigenvalue weighted by atomic mass is 16.5. The zero-order chi connectivity index (χ0) is 20.3. The number of hydrogen-bond donors (Lipinski definition) is 1. The van der Waals surface area contributed by atoms with Gasteiger partial charge in [0.05, 0.1) is 25.5 Å². The molecular weight excluding hydrogens is 358 g/mol. The van der Waals surface area contributed by atoms with Gasteiger partial charge in [0, 0.05) is 25.6 Å². The van der Waals surface area contributed by atoms with Crippen LogP contribution in [-0.2, 0) is 7.05 Å². The number of carbonyl (C=O) groups is 1. The monoisotopic (exact) mass is 381 g/mol. The summed E-state index contributed by atoms with van der Waals surface area (Å²) in [5.41, 5.74) is 1.85. The quantitative estimate of drug-likeness (QED) is 0.705. The molecule has 8 nitrogen and oxygen atoms in total. The minimum atomic E-state index is -0.493. The van der Waals surface area contributed by atoms with Gasteiger partial charge in [0.2, 0.25) is 0 Å². The van der Waals surface area contributed by atoms with Crippen LogP contribution < -0.4 is 14.8 Å². The molecule has 8 heteroatoms. The van der Waals surface area contributed by atoms with Gasteiger partial charge in [-0.2, -0.15) is 0 Å². The number of aromatic nitrogens is 4. The fraction of sp³-hybridized carbons (Fsp3) is 0.300. The Balaban J connectivity index is 2.01. The van der Waals surface area contributed by atoms with E-state index < -0.39 is 6.04 Å². The number of imidazole rings is 1. The van der Waals surface area contributed by atoms with Crippen LogP contribution >= 0.6 is 0 Å². The van der Waals surface area contributed by atoms with E-state index in [1.54, 1.807) is 40.3 Å². The van der Waals surface area contributed by atoms with Gasteiger partial charge in [-0.25, -0.2) is 15.0 Å². The minimum Gasteiger partial charge on any atom is -0.493 e. The van der Waals surface area contributed by atoms with E-state index in [4.69, 9.17) is 9.47 Å². The number of hydrogen-bond acceptors (Lipinski definition) is 6. The third-order valence-corrected chi connectivity index (χ3v) is 4.48. The van der Waals surface area contributed by atoms with Gasteiger partial charge in [0.15, 0.2) is 11.5 Å². The molecule has 0 aliphatic carbocycles. The zero-order valence-electron chi connectivity index (χ0n) is 16.6. The van der Waals surface area contributed by atoms with Crippen LogP contribution in [0, 0.1) is 13.8 Å². The standard InChI is InChI=1S/C20H23N5O3/c1-12-15(11-22-13(2)23-12)20(26)24-18(19-21-8-9-25(19)3)14-6-7-16(27-4)17(10-14)28-5/h6-11,18H,1-5H3,(H,24,26)/t18-/m1/s1. The molecule has 0 aliphatic heterocycles. The number of aryl methyl sites for hydroxylation is 3. The van der Waals surface area contributed by atoms with Gasteiger partial charge in [0.1, 0.15) is 17.7 Å². The molecule has 0 aliphatic rings. The number of nitrogens with one attached hydrogen (secondary N) is 1. The van der Waals surface area contributed by atoms with Crippen molar-refractivity contribution in [3.63, 3.8) is 0 Å². The molecule has 0 saturated heterocycles. The number of methoxy groups -OCH3 is 2. The van der Waals surface area contributed by atoms with Crippen molar-refractivity contribution in [2.75, 3.05) is 14.2 Å². The Hall–Kier alpha value is -3.42. The van der Waals surface area contributed by atoms with E-state index in [1.165, 1.54) is 6.20 Å². The molecule has 0 bridgehead atoms. The SMILES string of the molecule is COc1ccc([C@@H](NC(=O)c2cnc(C)nc2C)c2nccn2C)cc1OC. The van der Waals surface area contributed by atoms with Gasteiger partial charge in [-0.1, -0.05) is 6.07 Å². The molecule has 1 aromatic carbocycles. The van der Waals surface area contributed by atoms with Crippen molar-refractivity contribution in [1.82, 2.24) is 24.8 Å². The van der Waals surface area contributed by atoms with Gasteiger partial charge in [0.25, 0.3) is 5.91 Å². The smallest absolute Gasteiger partial charge is 0.255 e. The molecule has 0 fully saturated rings. The molecule has 0 radical (unpaired) electrons. The highest BCUT2D eigenvalue weighted by molar-refractivity contribution is 5.95. The lowest BCUT2D eigenvalue weighted by Gasteiger charge is -2.21. The summed E-state index contributed by atoms with van der Waals surface area (Å²) in [5, 5.41) is 3.04. The van der Waals surface area contributed by atoms with E-state index in [0.29, 0.717) is 34.4 Å². The first-order valence-electron chi connectivity index (χ1n) is 8.74. The average Bonchev–Trinajstić information content (AvgIpc) is 3.11. The maximum atomic E-state index is 13.0. The molecule has 3 aromatic rings. The van der Waals surface area contributed by atoms with Crippen LogP contribution in [0.15, 0.2) is 36.8 Å². The summed E-state index contributed by atoms with van der Waals surface area (Å²) in [6.07, 6.45) is 5.06. The fourth-order valence-electron chi connectivity index (χ4n) is 3.00.